The molecule has 1 rings (SSSR count). The average Bonchev–Trinajstić information content (AvgIpc) is 2.41. The zero-order valence-electron chi connectivity index (χ0n) is 14.4. The number of rotatable bonds is 5. The van der Waals surface area contributed by atoms with E-state index < -0.39 is 22.6 Å². The molecule has 1 amide bonds. The van der Waals surface area contributed by atoms with Crippen molar-refractivity contribution in [3.05, 3.63) is 0 Å². The predicted octanol–water partition coefficient (Wildman–Crippen LogP) is 2.43. The van der Waals surface area contributed by atoms with E-state index in [-0.39, 0.29) is 11.7 Å². The number of piperidine rings is 1. The first-order valence-electron chi connectivity index (χ1n) is 7.76. The van der Waals surface area contributed by atoms with Gasteiger partial charge in [-0.05, 0) is 40.5 Å². The summed E-state index contributed by atoms with van der Waals surface area (Å²) in [6.07, 6.45) is 1.94. The van der Waals surface area contributed by atoms with Crippen LogP contribution in [0.3, 0.4) is 0 Å². The first-order valence-corrected chi connectivity index (χ1v) is 7.76. The highest BCUT2D eigenvalue weighted by molar-refractivity contribution is 5.84. The van der Waals surface area contributed by atoms with E-state index in [1.807, 2.05) is 39.7 Å². The van der Waals surface area contributed by atoms with Crippen LogP contribution >= 0.6 is 0 Å². The van der Waals surface area contributed by atoms with Gasteiger partial charge in [-0.1, -0.05) is 20.8 Å². The minimum Gasteiger partial charge on any atom is -0.367 e. The van der Waals surface area contributed by atoms with Crippen LogP contribution in [-0.2, 0) is 14.4 Å². The maximum Gasteiger partial charge on any atom is 0.251 e. The fraction of sp³-hybridized carbons (Fsp3) is 0.875. The Morgan fingerprint density at radius 1 is 1.38 bits per heavy atom. The minimum absolute atomic E-state index is 0.147. The molecule has 0 saturated carbocycles. The summed E-state index contributed by atoms with van der Waals surface area (Å²) in [5.41, 5.74) is 3.47. The van der Waals surface area contributed by atoms with Crippen molar-refractivity contribution < 1.29 is 14.4 Å². The van der Waals surface area contributed by atoms with Crippen molar-refractivity contribution in [2.24, 2.45) is 11.7 Å². The Morgan fingerprint density at radius 2 is 1.90 bits per heavy atom. The fourth-order valence-corrected chi connectivity index (χ4v) is 2.95. The van der Waals surface area contributed by atoms with Crippen LogP contribution in [0.4, 0.5) is 0 Å². The van der Waals surface area contributed by atoms with Gasteiger partial charge < -0.3 is 5.73 Å². The number of nitrogens with zero attached hydrogens (tertiary/aromatic N) is 1. The van der Waals surface area contributed by atoms with E-state index in [2.05, 4.69) is 0 Å². The lowest BCUT2D eigenvalue weighted by atomic mass is 9.70. The third-order valence-corrected chi connectivity index (χ3v) is 5.32. The number of Topliss-reactive ketones (excluding diaryl/α,β-unsaturated/α-hetero) is 1. The molecular weight excluding hydrogens is 268 g/mol. The SMILES string of the molecule is CCC1(C)CC(=O)C(C)C(C)(CC)N1OC(C)(C)C(N)=O. The molecule has 0 radical (unpaired) electrons. The van der Waals surface area contributed by atoms with Crippen LogP contribution in [0.25, 0.3) is 0 Å². The van der Waals surface area contributed by atoms with Gasteiger partial charge in [0.2, 0.25) is 0 Å². The van der Waals surface area contributed by atoms with Gasteiger partial charge in [-0.2, -0.15) is 5.06 Å². The van der Waals surface area contributed by atoms with Crippen LogP contribution in [-0.4, -0.2) is 33.4 Å². The summed E-state index contributed by atoms with van der Waals surface area (Å²) in [4.78, 5) is 30.1. The Balaban J connectivity index is 3.31. The van der Waals surface area contributed by atoms with E-state index in [4.69, 9.17) is 10.6 Å². The van der Waals surface area contributed by atoms with Crippen LogP contribution in [0.15, 0.2) is 0 Å². The molecule has 5 heteroatoms. The third kappa shape index (κ3) is 2.99. The number of nitrogens with two attached hydrogens (primary N) is 1. The quantitative estimate of drug-likeness (QED) is 0.846. The second-order valence-electron chi connectivity index (χ2n) is 7.19. The van der Waals surface area contributed by atoms with E-state index in [0.717, 1.165) is 12.8 Å². The summed E-state index contributed by atoms with van der Waals surface area (Å²) in [6.45, 7) is 13.4. The monoisotopic (exact) mass is 298 g/mol. The van der Waals surface area contributed by atoms with Crippen molar-refractivity contribution in [1.82, 2.24) is 5.06 Å². The number of carbonyl (C=O) groups is 2. The van der Waals surface area contributed by atoms with Crippen molar-refractivity contribution in [2.45, 2.75) is 84.4 Å². The number of primary amides is 1. The summed E-state index contributed by atoms with van der Waals surface area (Å²) < 4.78 is 0. The van der Waals surface area contributed by atoms with Crippen molar-refractivity contribution in [3.63, 3.8) is 0 Å². The summed E-state index contributed by atoms with van der Waals surface area (Å²) in [7, 11) is 0. The Kier molecular flexibility index (Phi) is 4.91. The Morgan fingerprint density at radius 3 is 2.29 bits per heavy atom. The number of hydrogen-bond acceptors (Lipinski definition) is 4. The largest absolute Gasteiger partial charge is 0.367 e. The van der Waals surface area contributed by atoms with Gasteiger partial charge in [0.05, 0.1) is 11.1 Å². The van der Waals surface area contributed by atoms with Crippen LogP contribution in [0.1, 0.15) is 67.7 Å². The predicted molar refractivity (Wildman–Crippen MR) is 82.4 cm³/mol. The summed E-state index contributed by atoms with van der Waals surface area (Å²) in [6, 6.07) is 0. The van der Waals surface area contributed by atoms with E-state index in [9.17, 15) is 9.59 Å². The average molecular weight is 298 g/mol. The number of hydrogen-bond donors (Lipinski definition) is 1. The van der Waals surface area contributed by atoms with Gasteiger partial charge in [0.15, 0.2) is 5.60 Å². The van der Waals surface area contributed by atoms with Gasteiger partial charge in [0.1, 0.15) is 5.78 Å². The Hall–Kier alpha value is -0.940. The molecule has 2 N–H and O–H groups in total. The standard InChI is InChI=1S/C16H30N2O3/c1-8-15(6)10-12(19)11(3)16(7,9-2)18(15)21-14(4,5)13(17)20/h11H,8-10H2,1-7H3,(H2,17,20). The van der Waals surface area contributed by atoms with E-state index in [1.54, 1.807) is 13.8 Å². The molecule has 0 aromatic carbocycles. The molecule has 122 valence electrons. The number of hydroxylamine groups is 2. The molecule has 1 aliphatic heterocycles. The summed E-state index contributed by atoms with van der Waals surface area (Å²) in [5, 5.41) is 1.89. The highest BCUT2D eigenvalue weighted by atomic mass is 16.7. The lowest BCUT2D eigenvalue weighted by Crippen LogP contribution is -2.68. The molecule has 5 nitrogen and oxygen atoms in total. The van der Waals surface area contributed by atoms with E-state index in [0.29, 0.717) is 6.42 Å². The molecule has 0 aromatic rings. The molecule has 21 heavy (non-hydrogen) atoms. The van der Waals surface area contributed by atoms with Crippen LogP contribution in [0.5, 0.6) is 0 Å². The normalized spacial score (nSPS) is 35.0. The number of amides is 1. The maximum absolute atomic E-state index is 12.4. The molecule has 0 spiro atoms. The lowest BCUT2D eigenvalue weighted by Gasteiger charge is -2.57. The van der Waals surface area contributed by atoms with Crippen LogP contribution in [0.2, 0.25) is 0 Å². The first-order chi connectivity index (χ1) is 9.44. The zero-order valence-corrected chi connectivity index (χ0v) is 14.4. The van der Waals surface area contributed by atoms with Crippen molar-refractivity contribution in [2.75, 3.05) is 0 Å². The van der Waals surface area contributed by atoms with Gasteiger partial charge in [0, 0.05) is 12.3 Å². The van der Waals surface area contributed by atoms with Crippen molar-refractivity contribution in [1.29, 1.82) is 0 Å². The molecule has 0 aromatic heterocycles. The molecule has 0 bridgehead atoms. The Labute approximate surface area is 128 Å². The zero-order chi connectivity index (χ0) is 16.6. The molecular formula is C16H30N2O3. The fourth-order valence-electron chi connectivity index (χ4n) is 2.95. The lowest BCUT2D eigenvalue weighted by molar-refractivity contribution is -0.329. The van der Waals surface area contributed by atoms with Gasteiger partial charge in [-0.15, -0.1) is 0 Å². The maximum atomic E-state index is 12.4. The second-order valence-corrected chi connectivity index (χ2v) is 7.19. The van der Waals surface area contributed by atoms with Crippen molar-refractivity contribution >= 4 is 11.7 Å². The molecule has 3 unspecified atom stereocenters. The topological polar surface area (TPSA) is 72.6 Å². The van der Waals surface area contributed by atoms with Gasteiger partial charge in [-0.25, -0.2) is 0 Å². The highest BCUT2D eigenvalue weighted by Crippen LogP contribution is 2.45. The molecule has 1 aliphatic rings. The van der Waals surface area contributed by atoms with E-state index >= 15 is 0 Å². The minimum atomic E-state index is -1.10. The summed E-state index contributed by atoms with van der Waals surface area (Å²) in [5.74, 6) is -0.407. The molecule has 0 aliphatic carbocycles. The van der Waals surface area contributed by atoms with Gasteiger partial charge >= 0.3 is 0 Å². The molecule has 1 saturated heterocycles. The molecule has 1 heterocycles. The molecule has 3 atom stereocenters. The number of carbonyl (C=O) groups excluding carboxylic acids is 2. The number of ketones is 1. The second kappa shape index (κ2) is 5.69. The van der Waals surface area contributed by atoms with Crippen LogP contribution < -0.4 is 5.73 Å². The third-order valence-electron chi connectivity index (χ3n) is 5.32. The van der Waals surface area contributed by atoms with Gasteiger partial charge in [-0.3, -0.25) is 14.4 Å². The van der Waals surface area contributed by atoms with Crippen molar-refractivity contribution in [3.8, 4) is 0 Å². The molecule has 1 fully saturated rings. The smallest absolute Gasteiger partial charge is 0.251 e. The first kappa shape index (κ1) is 18.1. The summed E-state index contributed by atoms with van der Waals surface area (Å²) >= 11 is 0. The van der Waals surface area contributed by atoms with Crippen LogP contribution in [0, 0.1) is 5.92 Å². The highest BCUT2D eigenvalue weighted by Gasteiger charge is 2.55. The Bertz CT molecular complexity index is 435. The van der Waals surface area contributed by atoms with E-state index in [1.165, 1.54) is 0 Å². The van der Waals surface area contributed by atoms with Gasteiger partial charge in [0.25, 0.3) is 5.91 Å².